The summed E-state index contributed by atoms with van der Waals surface area (Å²) in [5, 5.41) is 0. The molecule has 3 nitrogen and oxygen atoms in total. The fourth-order valence-electron chi connectivity index (χ4n) is 2.81. The quantitative estimate of drug-likeness (QED) is 0.821. The van der Waals surface area contributed by atoms with Crippen LogP contribution in [0.15, 0.2) is 18.2 Å². The van der Waals surface area contributed by atoms with Gasteiger partial charge in [-0.05, 0) is 36.7 Å². The first-order chi connectivity index (χ1) is 9.30. The highest BCUT2D eigenvalue weighted by molar-refractivity contribution is 5.40. The molecule has 0 bridgehead atoms. The van der Waals surface area contributed by atoms with Crippen LogP contribution < -0.4 is 10.5 Å². The van der Waals surface area contributed by atoms with Crippen LogP contribution in [0.4, 0.5) is 0 Å². The first kappa shape index (κ1) is 14.4. The Hall–Kier alpha value is -1.06. The molecule has 1 unspecified atom stereocenters. The van der Waals surface area contributed by atoms with E-state index in [1.54, 1.807) is 0 Å². The van der Waals surface area contributed by atoms with E-state index in [-0.39, 0.29) is 0 Å². The van der Waals surface area contributed by atoms with Gasteiger partial charge in [0, 0.05) is 19.0 Å². The molecule has 1 aliphatic rings. The predicted molar refractivity (Wildman–Crippen MR) is 79.6 cm³/mol. The van der Waals surface area contributed by atoms with E-state index in [2.05, 4.69) is 36.9 Å². The Morgan fingerprint density at radius 1 is 1.37 bits per heavy atom. The second-order valence-corrected chi connectivity index (χ2v) is 5.20. The summed E-state index contributed by atoms with van der Waals surface area (Å²) in [7, 11) is 0. The second-order valence-electron chi connectivity index (χ2n) is 5.20. The average Bonchev–Trinajstić information content (AvgIpc) is 2.90. The Morgan fingerprint density at radius 3 is 2.89 bits per heavy atom. The van der Waals surface area contributed by atoms with Gasteiger partial charge < -0.3 is 10.5 Å². The zero-order valence-electron chi connectivity index (χ0n) is 12.2. The van der Waals surface area contributed by atoms with E-state index in [4.69, 9.17) is 10.5 Å². The fraction of sp³-hybridized carbons (Fsp3) is 0.625. The highest BCUT2D eigenvalue weighted by Gasteiger charge is 2.20. The number of fused-ring (bicyclic) bond motifs is 1. The van der Waals surface area contributed by atoms with E-state index in [9.17, 15) is 0 Å². The van der Waals surface area contributed by atoms with Crippen LogP contribution in [-0.2, 0) is 6.42 Å². The molecule has 2 rings (SSSR count). The first-order valence-electron chi connectivity index (χ1n) is 7.49. The van der Waals surface area contributed by atoms with Crippen molar-refractivity contribution in [3.63, 3.8) is 0 Å². The number of likely N-dealkylation sites (N-methyl/N-ethyl adjacent to an activating group) is 1. The van der Waals surface area contributed by atoms with Crippen molar-refractivity contribution in [2.24, 2.45) is 5.73 Å². The standard InChI is InChI=1S/C16H26N2O/c1-3-5-9-18(4-2)15(12-17)13-6-7-16-14(11-13)8-10-19-16/h6-7,11,15H,3-5,8-10,12,17H2,1-2H3. The monoisotopic (exact) mass is 262 g/mol. The van der Waals surface area contributed by atoms with Crippen molar-refractivity contribution in [2.45, 2.75) is 39.2 Å². The third-order valence-corrected chi connectivity index (χ3v) is 3.97. The molecule has 0 saturated carbocycles. The maximum atomic E-state index is 6.03. The third-order valence-electron chi connectivity index (χ3n) is 3.97. The predicted octanol–water partition coefficient (Wildman–Crippen LogP) is 2.74. The summed E-state index contributed by atoms with van der Waals surface area (Å²) in [4.78, 5) is 2.49. The van der Waals surface area contributed by atoms with Crippen LogP contribution in [0, 0.1) is 0 Å². The highest BCUT2D eigenvalue weighted by Crippen LogP contribution is 2.30. The smallest absolute Gasteiger partial charge is 0.122 e. The third kappa shape index (κ3) is 3.28. The summed E-state index contributed by atoms with van der Waals surface area (Å²) in [5.41, 5.74) is 8.70. The van der Waals surface area contributed by atoms with E-state index in [0.717, 1.165) is 31.9 Å². The fourth-order valence-corrected chi connectivity index (χ4v) is 2.81. The molecule has 2 N–H and O–H groups in total. The number of hydrogen-bond acceptors (Lipinski definition) is 3. The summed E-state index contributed by atoms with van der Waals surface area (Å²) in [5.74, 6) is 1.05. The van der Waals surface area contributed by atoms with Gasteiger partial charge in [0.05, 0.1) is 6.61 Å². The number of unbranched alkanes of at least 4 members (excludes halogenated alkanes) is 1. The van der Waals surface area contributed by atoms with Crippen LogP contribution in [0.5, 0.6) is 5.75 Å². The van der Waals surface area contributed by atoms with Gasteiger partial charge in [0.15, 0.2) is 0 Å². The Morgan fingerprint density at radius 2 is 2.21 bits per heavy atom. The first-order valence-corrected chi connectivity index (χ1v) is 7.49. The molecule has 0 aromatic heterocycles. The number of benzene rings is 1. The number of rotatable bonds is 7. The molecule has 0 spiro atoms. The minimum Gasteiger partial charge on any atom is -0.493 e. The molecule has 0 fully saturated rings. The molecule has 0 aliphatic carbocycles. The van der Waals surface area contributed by atoms with Crippen LogP contribution in [0.2, 0.25) is 0 Å². The minimum atomic E-state index is 0.336. The largest absolute Gasteiger partial charge is 0.493 e. The number of hydrogen-bond donors (Lipinski definition) is 1. The van der Waals surface area contributed by atoms with Crippen LogP contribution in [0.25, 0.3) is 0 Å². The molecule has 0 radical (unpaired) electrons. The molecule has 1 heterocycles. The van der Waals surface area contributed by atoms with Gasteiger partial charge in [-0.2, -0.15) is 0 Å². The zero-order valence-corrected chi connectivity index (χ0v) is 12.2. The van der Waals surface area contributed by atoms with Gasteiger partial charge in [-0.15, -0.1) is 0 Å². The van der Waals surface area contributed by atoms with Gasteiger partial charge in [-0.1, -0.05) is 32.4 Å². The van der Waals surface area contributed by atoms with Gasteiger partial charge in [0.1, 0.15) is 5.75 Å². The van der Waals surface area contributed by atoms with Gasteiger partial charge >= 0.3 is 0 Å². The molecule has 3 heteroatoms. The topological polar surface area (TPSA) is 38.5 Å². The van der Waals surface area contributed by atoms with E-state index in [1.165, 1.54) is 24.0 Å². The lowest BCUT2D eigenvalue weighted by molar-refractivity contribution is 0.209. The van der Waals surface area contributed by atoms with Crippen LogP contribution in [0.1, 0.15) is 43.9 Å². The zero-order chi connectivity index (χ0) is 13.7. The molecule has 0 saturated heterocycles. The van der Waals surface area contributed by atoms with E-state index in [1.807, 2.05) is 0 Å². The summed E-state index contributed by atoms with van der Waals surface area (Å²) in [6, 6.07) is 6.90. The van der Waals surface area contributed by atoms with Crippen molar-refractivity contribution in [1.82, 2.24) is 4.90 Å². The second kappa shape index (κ2) is 6.92. The molecule has 19 heavy (non-hydrogen) atoms. The van der Waals surface area contributed by atoms with Gasteiger partial charge in [0.2, 0.25) is 0 Å². The lowest BCUT2D eigenvalue weighted by Crippen LogP contribution is -2.34. The van der Waals surface area contributed by atoms with Gasteiger partial charge in [-0.3, -0.25) is 4.90 Å². The van der Waals surface area contributed by atoms with Crippen molar-refractivity contribution in [1.29, 1.82) is 0 Å². The normalized spacial score (nSPS) is 15.4. The van der Waals surface area contributed by atoms with Crippen molar-refractivity contribution in [2.75, 3.05) is 26.2 Å². The van der Waals surface area contributed by atoms with Gasteiger partial charge in [0.25, 0.3) is 0 Å². The van der Waals surface area contributed by atoms with E-state index in [0.29, 0.717) is 12.6 Å². The van der Waals surface area contributed by atoms with Crippen molar-refractivity contribution in [3.05, 3.63) is 29.3 Å². The van der Waals surface area contributed by atoms with E-state index < -0.39 is 0 Å². The Kier molecular flexibility index (Phi) is 5.23. The number of nitrogens with two attached hydrogens (primary N) is 1. The molecule has 1 atom stereocenters. The van der Waals surface area contributed by atoms with Crippen LogP contribution in [0.3, 0.4) is 0 Å². The molecule has 0 amide bonds. The number of nitrogens with zero attached hydrogens (tertiary/aromatic N) is 1. The van der Waals surface area contributed by atoms with Crippen molar-refractivity contribution in [3.8, 4) is 5.75 Å². The molecule has 106 valence electrons. The maximum Gasteiger partial charge on any atom is 0.122 e. The van der Waals surface area contributed by atoms with Gasteiger partial charge in [-0.25, -0.2) is 0 Å². The Labute approximate surface area is 116 Å². The molecule has 1 aromatic carbocycles. The van der Waals surface area contributed by atoms with Crippen molar-refractivity contribution < 1.29 is 4.74 Å². The molecular formula is C16H26N2O. The summed E-state index contributed by atoms with van der Waals surface area (Å²) >= 11 is 0. The highest BCUT2D eigenvalue weighted by atomic mass is 16.5. The summed E-state index contributed by atoms with van der Waals surface area (Å²) in [6.07, 6.45) is 3.49. The maximum absolute atomic E-state index is 6.03. The van der Waals surface area contributed by atoms with Crippen LogP contribution in [-0.4, -0.2) is 31.1 Å². The Bertz CT molecular complexity index is 406. The van der Waals surface area contributed by atoms with Crippen LogP contribution >= 0.6 is 0 Å². The lowest BCUT2D eigenvalue weighted by atomic mass is 10.0. The SMILES string of the molecule is CCCCN(CC)C(CN)c1ccc2c(c1)CCO2. The minimum absolute atomic E-state index is 0.336. The van der Waals surface area contributed by atoms with Crippen molar-refractivity contribution >= 4 is 0 Å². The number of ether oxygens (including phenoxy) is 1. The molecular weight excluding hydrogens is 236 g/mol. The Balaban J connectivity index is 2.15. The molecule has 1 aliphatic heterocycles. The molecule has 1 aromatic rings. The lowest BCUT2D eigenvalue weighted by Gasteiger charge is -2.30. The summed E-state index contributed by atoms with van der Waals surface area (Å²) < 4.78 is 5.57. The summed E-state index contributed by atoms with van der Waals surface area (Å²) in [6.45, 7) is 8.13. The van der Waals surface area contributed by atoms with E-state index >= 15 is 0 Å². The average molecular weight is 262 g/mol.